The maximum Gasteiger partial charge on any atom is 0.332 e. The third-order valence-electron chi connectivity index (χ3n) is 4.18. The molecule has 10 heteroatoms. The molecule has 150 valence electrons. The summed E-state index contributed by atoms with van der Waals surface area (Å²) in [5.74, 6) is -0.568. The molecule has 0 fully saturated rings. The molecule has 0 bridgehead atoms. The summed E-state index contributed by atoms with van der Waals surface area (Å²) in [6.07, 6.45) is 1.43. The van der Waals surface area contributed by atoms with Crippen LogP contribution in [0.1, 0.15) is 6.92 Å². The van der Waals surface area contributed by atoms with E-state index in [0.717, 1.165) is 4.57 Å². The molecule has 0 spiro atoms. The second-order valence-electron chi connectivity index (χ2n) is 6.25. The van der Waals surface area contributed by atoms with Gasteiger partial charge in [0.2, 0.25) is 11.8 Å². The van der Waals surface area contributed by atoms with Gasteiger partial charge >= 0.3 is 5.69 Å². The second-order valence-corrected chi connectivity index (χ2v) is 6.25. The summed E-state index contributed by atoms with van der Waals surface area (Å²) in [7, 11) is 2.86. The molecular weight excluding hydrogens is 378 g/mol. The maximum atomic E-state index is 12.8. The summed E-state index contributed by atoms with van der Waals surface area (Å²) in [5.41, 5.74) is -0.268. The maximum absolute atomic E-state index is 12.8. The first-order valence-electron chi connectivity index (χ1n) is 8.62. The van der Waals surface area contributed by atoms with Crippen LogP contribution in [-0.4, -0.2) is 33.0 Å². The lowest BCUT2D eigenvalue weighted by atomic mass is 10.2. The lowest BCUT2D eigenvalue weighted by Gasteiger charge is -2.12. The fourth-order valence-corrected chi connectivity index (χ4v) is 2.91. The lowest BCUT2D eigenvalue weighted by Crippen LogP contribution is -2.42. The number of fused-ring (bicyclic) bond motifs is 1. The Morgan fingerprint density at radius 1 is 1.14 bits per heavy atom. The van der Waals surface area contributed by atoms with Crippen LogP contribution in [-0.2, 0) is 23.2 Å². The van der Waals surface area contributed by atoms with Crippen molar-refractivity contribution in [1.82, 2.24) is 14.1 Å². The number of benzene rings is 1. The van der Waals surface area contributed by atoms with Gasteiger partial charge in [-0.2, -0.15) is 0 Å². The topological polar surface area (TPSA) is 124 Å². The van der Waals surface area contributed by atoms with E-state index in [2.05, 4.69) is 15.6 Å². The monoisotopic (exact) mass is 397 g/mol. The van der Waals surface area contributed by atoms with E-state index in [1.165, 1.54) is 37.9 Å². The highest BCUT2D eigenvalue weighted by Gasteiger charge is 2.17. The molecule has 3 rings (SSSR count). The molecule has 2 amide bonds. The van der Waals surface area contributed by atoms with E-state index in [4.69, 9.17) is 4.74 Å². The fourth-order valence-electron chi connectivity index (χ4n) is 2.91. The first-order chi connectivity index (χ1) is 13.8. The van der Waals surface area contributed by atoms with E-state index in [0.29, 0.717) is 11.4 Å². The molecule has 1 aromatic carbocycles. The van der Waals surface area contributed by atoms with E-state index in [1.807, 2.05) is 0 Å². The fraction of sp³-hybridized carbons (Fsp3) is 0.211. The van der Waals surface area contributed by atoms with Crippen molar-refractivity contribution in [3.8, 4) is 5.75 Å². The van der Waals surface area contributed by atoms with Gasteiger partial charge in [-0.3, -0.25) is 19.0 Å². The average Bonchev–Trinajstić information content (AvgIpc) is 2.68. The molecule has 29 heavy (non-hydrogen) atoms. The number of methoxy groups -OCH3 is 1. The summed E-state index contributed by atoms with van der Waals surface area (Å²) >= 11 is 0. The van der Waals surface area contributed by atoms with Gasteiger partial charge in [-0.05, 0) is 24.3 Å². The van der Waals surface area contributed by atoms with Crippen molar-refractivity contribution >= 4 is 34.2 Å². The quantitative estimate of drug-likeness (QED) is 0.653. The van der Waals surface area contributed by atoms with Crippen molar-refractivity contribution in [1.29, 1.82) is 0 Å². The molecule has 2 aromatic heterocycles. The predicted octanol–water partition coefficient (Wildman–Crippen LogP) is 0.701. The lowest BCUT2D eigenvalue weighted by molar-refractivity contribution is -0.117. The largest absolute Gasteiger partial charge is 0.496 e. The summed E-state index contributed by atoms with van der Waals surface area (Å²) in [6.45, 7) is 0.875. The zero-order chi connectivity index (χ0) is 21.1. The van der Waals surface area contributed by atoms with Gasteiger partial charge in [-0.1, -0.05) is 6.07 Å². The summed E-state index contributed by atoms with van der Waals surface area (Å²) in [6, 6.07) is 8.01. The van der Waals surface area contributed by atoms with Gasteiger partial charge in [0.05, 0.1) is 7.11 Å². The number of nitrogens with zero attached hydrogens (tertiary/aromatic N) is 3. The molecule has 0 saturated carbocycles. The number of rotatable bonds is 5. The van der Waals surface area contributed by atoms with E-state index in [-0.39, 0.29) is 22.7 Å². The third-order valence-corrected chi connectivity index (χ3v) is 4.18. The first kappa shape index (κ1) is 19.8. The van der Waals surface area contributed by atoms with Crippen LogP contribution < -0.4 is 26.6 Å². The van der Waals surface area contributed by atoms with Gasteiger partial charge in [-0.25, -0.2) is 14.3 Å². The predicted molar refractivity (Wildman–Crippen MR) is 107 cm³/mol. The van der Waals surface area contributed by atoms with Gasteiger partial charge in [0, 0.05) is 31.5 Å². The number of anilines is 2. The number of aryl methyl sites for hydroxylation is 1. The van der Waals surface area contributed by atoms with Crippen LogP contribution in [0, 0.1) is 0 Å². The van der Waals surface area contributed by atoms with E-state index >= 15 is 0 Å². The number of hydrogen-bond acceptors (Lipinski definition) is 6. The molecule has 2 heterocycles. The van der Waals surface area contributed by atoms with Gasteiger partial charge in [0.1, 0.15) is 17.7 Å². The second kappa shape index (κ2) is 7.97. The third kappa shape index (κ3) is 4.00. The minimum Gasteiger partial charge on any atom is -0.496 e. The van der Waals surface area contributed by atoms with Crippen molar-refractivity contribution in [3.05, 3.63) is 57.4 Å². The van der Waals surface area contributed by atoms with Crippen LogP contribution in [0.4, 0.5) is 11.4 Å². The normalized spacial score (nSPS) is 10.6. The molecule has 0 aliphatic heterocycles. The molecule has 3 aromatic rings. The molecule has 0 aliphatic rings. The van der Waals surface area contributed by atoms with Crippen molar-refractivity contribution in [3.63, 3.8) is 0 Å². The highest BCUT2D eigenvalue weighted by atomic mass is 16.5. The van der Waals surface area contributed by atoms with Crippen molar-refractivity contribution in [2.24, 2.45) is 7.05 Å². The smallest absolute Gasteiger partial charge is 0.332 e. The molecule has 0 saturated heterocycles. The Kier molecular flexibility index (Phi) is 5.44. The van der Waals surface area contributed by atoms with E-state index in [1.54, 1.807) is 24.3 Å². The summed E-state index contributed by atoms with van der Waals surface area (Å²) in [4.78, 5) is 53.1. The molecule has 0 aliphatic carbocycles. The Morgan fingerprint density at radius 3 is 2.48 bits per heavy atom. The highest BCUT2D eigenvalue weighted by molar-refractivity contribution is 5.93. The number of hydrogen-bond donors (Lipinski definition) is 2. The van der Waals surface area contributed by atoms with E-state index in [9.17, 15) is 19.2 Å². The number of carbonyl (C=O) groups excluding carboxylic acids is 2. The number of amides is 2. The zero-order valence-electron chi connectivity index (χ0n) is 16.1. The number of ether oxygens (including phenoxy) is 1. The zero-order valence-corrected chi connectivity index (χ0v) is 16.1. The number of nitrogens with one attached hydrogen (secondary N) is 2. The van der Waals surface area contributed by atoms with Crippen LogP contribution in [0.2, 0.25) is 0 Å². The Labute approximate surface area is 164 Å². The minimum atomic E-state index is -0.676. The van der Waals surface area contributed by atoms with Crippen molar-refractivity contribution in [2.45, 2.75) is 13.5 Å². The standard InChI is InChI=1S/C19H19N5O5/c1-11(25)21-12-5-4-6-13(9-12)22-15(26)10-24-18(27)16-14(29-3)7-8-20-17(16)23(2)19(24)28/h4-9H,10H2,1-3H3,(H,21,25)(H,22,26). The Bertz CT molecular complexity index is 1230. The molecule has 0 radical (unpaired) electrons. The molecule has 0 unspecified atom stereocenters. The summed E-state index contributed by atoms with van der Waals surface area (Å²) < 4.78 is 7.20. The van der Waals surface area contributed by atoms with Crippen LogP contribution >= 0.6 is 0 Å². The molecular formula is C19H19N5O5. The van der Waals surface area contributed by atoms with E-state index < -0.39 is 23.7 Å². The Morgan fingerprint density at radius 2 is 1.83 bits per heavy atom. The Hall–Kier alpha value is -3.95. The average molecular weight is 397 g/mol. The highest BCUT2D eigenvalue weighted by Crippen LogP contribution is 2.18. The minimum absolute atomic E-state index is 0.109. The van der Waals surface area contributed by atoms with Crippen LogP contribution in [0.3, 0.4) is 0 Å². The molecule has 0 atom stereocenters. The van der Waals surface area contributed by atoms with Crippen LogP contribution in [0.5, 0.6) is 5.75 Å². The van der Waals surface area contributed by atoms with Crippen molar-refractivity contribution < 1.29 is 14.3 Å². The van der Waals surface area contributed by atoms with Gasteiger partial charge < -0.3 is 15.4 Å². The van der Waals surface area contributed by atoms with Gasteiger partial charge in [0.15, 0.2) is 5.65 Å². The SMILES string of the molecule is COc1ccnc2c1c(=O)n(CC(=O)Nc1cccc(NC(C)=O)c1)c(=O)n2C. The summed E-state index contributed by atoms with van der Waals surface area (Å²) in [5, 5.41) is 5.33. The van der Waals surface area contributed by atoms with Crippen LogP contribution in [0.15, 0.2) is 46.1 Å². The molecule has 2 N–H and O–H groups in total. The van der Waals surface area contributed by atoms with Crippen molar-refractivity contribution in [2.75, 3.05) is 17.7 Å². The van der Waals surface area contributed by atoms with Crippen LogP contribution in [0.25, 0.3) is 11.0 Å². The number of pyridine rings is 1. The first-order valence-corrected chi connectivity index (χ1v) is 8.62. The Balaban J connectivity index is 1.94. The number of carbonyl (C=O) groups is 2. The molecule has 10 nitrogen and oxygen atoms in total. The van der Waals surface area contributed by atoms with Gasteiger partial charge in [0.25, 0.3) is 5.56 Å². The van der Waals surface area contributed by atoms with Gasteiger partial charge in [-0.15, -0.1) is 0 Å². The number of aromatic nitrogens is 3.